The van der Waals surface area contributed by atoms with E-state index in [0.717, 1.165) is 5.54 Å². The van der Waals surface area contributed by atoms with Crippen molar-refractivity contribution in [2.45, 2.75) is 12.0 Å². The highest BCUT2D eigenvalue weighted by molar-refractivity contribution is 6.13. The Morgan fingerprint density at radius 2 is 2.20 bits per heavy atom. The van der Waals surface area contributed by atoms with Crippen LogP contribution in [0.5, 0.6) is 0 Å². The van der Waals surface area contributed by atoms with Crippen LogP contribution in [0.4, 0.5) is 0 Å². The molecular weight excluding hydrogens is 76.1 g/mol. The Morgan fingerprint density at radius 3 is 2.20 bits per heavy atom. The van der Waals surface area contributed by atoms with Gasteiger partial charge in [0.15, 0.2) is 0 Å². The van der Waals surface area contributed by atoms with E-state index < -0.39 is 0 Å². The fraction of sp³-hybridized carbons (Fsp3) is 0.500. The maximum atomic E-state index is 2.28. The van der Waals surface area contributed by atoms with E-state index in [1.54, 1.807) is 0 Å². The molecule has 0 spiro atoms. The first-order valence-corrected chi connectivity index (χ1v) is 3.22. The predicted octanol–water partition coefficient (Wildman–Crippen LogP) is 0.100. The summed E-state index contributed by atoms with van der Waals surface area (Å²) in [5.41, 5.74) is 1.02. The molecule has 0 aromatic heterocycles. The summed E-state index contributed by atoms with van der Waals surface area (Å²) < 4.78 is 0. The maximum absolute atomic E-state index is 2.28. The second-order valence-electron chi connectivity index (χ2n) is 1.64. The van der Waals surface area contributed by atoms with Crippen LogP contribution < -0.4 is 0 Å². The highest BCUT2D eigenvalue weighted by atomic mass is 28.1. The van der Waals surface area contributed by atoms with Gasteiger partial charge in [0.2, 0.25) is 0 Å². The third-order valence-corrected chi connectivity index (χ3v) is 1.83. The molecule has 0 saturated carbocycles. The fourth-order valence-electron chi connectivity index (χ4n) is 0.408. The molecule has 5 heavy (non-hydrogen) atoms. The molecule has 0 saturated heterocycles. The molecule has 0 aromatic carbocycles. The first-order valence-electron chi connectivity index (χ1n) is 2.06. The van der Waals surface area contributed by atoms with E-state index in [-0.39, 0.29) is 0 Å². The summed E-state index contributed by atoms with van der Waals surface area (Å²) in [6.45, 7) is 0. The third-order valence-electron chi connectivity index (χ3n) is 0.972. The van der Waals surface area contributed by atoms with E-state index in [1.165, 1.54) is 16.7 Å². The van der Waals surface area contributed by atoms with Gasteiger partial charge in [-0.15, -0.1) is 0 Å². The van der Waals surface area contributed by atoms with Crippen LogP contribution in [0.1, 0.15) is 6.42 Å². The molecule has 1 unspecified atom stereocenters. The zero-order valence-electron chi connectivity index (χ0n) is 3.44. The van der Waals surface area contributed by atoms with Gasteiger partial charge in [-0.05, 0) is 12.0 Å². The van der Waals surface area contributed by atoms with Crippen LogP contribution in [-0.2, 0) is 0 Å². The Balaban J connectivity index is 2.39. The van der Waals surface area contributed by atoms with Crippen LogP contribution in [-0.4, -0.2) is 10.2 Å². The van der Waals surface area contributed by atoms with Crippen LogP contribution in [0, 0.1) is 0 Å². The largest absolute Gasteiger partial charge is 0.0887 e. The summed E-state index contributed by atoms with van der Waals surface area (Å²) >= 11 is 0. The van der Waals surface area contributed by atoms with Crippen LogP contribution >= 0.6 is 0 Å². The quantitative estimate of drug-likeness (QED) is 0.288. The van der Waals surface area contributed by atoms with Gasteiger partial charge in [0, 0.05) is 10.2 Å². The Labute approximate surface area is 35.3 Å². The lowest BCUT2D eigenvalue weighted by molar-refractivity contribution is 0.955. The number of hydrogen-bond donors (Lipinski definition) is 0. The van der Waals surface area contributed by atoms with E-state index >= 15 is 0 Å². The highest BCUT2D eigenvalue weighted by Gasteiger charge is 1.98. The van der Waals surface area contributed by atoms with E-state index in [0.29, 0.717) is 0 Å². The summed E-state index contributed by atoms with van der Waals surface area (Å²) in [7, 11) is 1.37. The van der Waals surface area contributed by atoms with Gasteiger partial charge < -0.3 is 0 Å². The van der Waals surface area contributed by atoms with Crippen molar-refractivity contribution in [2.24, 2.45) is 0 Å². The van der Waals surface area contributed by atoms with Crippen molar-refractivity contribution < 1.29 is 0 Å². The summed E-state index contributed by atoms with van der Waals surface area (Å²) in [6.07, 6.45) is 5.89. The molecule has 1 rings (SSSR count). The molecule has 1 atom stereocenters. The number of hydrogen-bond acceptors (Lipinski definition) is 0. The summed E-state index contributed by atoms with van der Waals surface area (Å²) in [6, 6.07) is 0. The zero-order valence-corrected chi connectivity index (χ0v) is 5.44. The third kappa shape index (κ3) is 0.427. The molecule has 0 fully saturated rings. The standard InChI is InChI=1S/C4H8Si/c5-4-2-1-3-4/h1-2,4H,3H2,5H3. The molecule has 1 aliphatic rings. The van der Waals surface area contributed by atoms with Crippen molar-refractivity contribution in [2.75, 3.05) is 0 Å². The average Bonchev–Trinajstić information content (AvgIpc) is 1.30. The van der Waals surface area contributed by atoms with Gasteiger partial charge in [-0.1, -0.05) is 12.2 Å². The van der Waals surface area contributed by atoms with Crippen molar-refractivity contribution in [1.29, 1.82) is 0 Å². The van der Waals surface area contributed by atoms with E-state index in [9.17, 15) is 0 Å². The Morgan fingerprint density at radius 1 is 1.80 bits per heavy atom. The Kier molecular flexibility index (Phi) is 0.616. The van der Waals surface area contributed by atoms with Crippen molar-refractivity contribution in [1.82, 2.24) is 0 Å². The Hall–Kier alpha value is -0.0431. The van der Waals surface area contributed by atoms with E-state index in [4.69, 9.17) is 0 Å². The van der Waals surface area contributed by atoms with Crippen LogP contribution in [0.3, 0.4) is 0 Å². The summed E-state index contributed by atoms with van der Waals surface area (Å²) in [5.74, 6) is 0. The topological polar surface area (TPSA) is 0 Å². The van der Waals surface area contributed by atoms with Crippen molar-refractivity contribution in [3.8, 4) is 0 Å². The fourth-order valence-corrected chi connectivity index (χ4v) is 0.953. The predicted molar refractivity (Wildman–Crippen MR) is 27.4 cm³/mol. The van der Waals surface area contributed by atoms with E-state index in [1.807, 2.05) is 0 Å². The van der Waals surface area contributed by atoms with Gasteiger partial charge in [-0.2, -0.15) is 0 Å². The Bertz CT molecular complexity index is 56.7. The minimum Gasteiger partial charge on any atom is -0.0887 e. The minimum absolute atomic E-state index is 1.02. The SMILES string of the molecule is [SiH3]C1C=CC1. The van der Waals surface area contributed by atoms with Crippen molar-refractivity contribution >= 4 is 10.2 Å². The normalized spacial score (nSPS) is 34.0. The zero-order chi connectivity index (χ0) is 3.70. The minimum atomic E-state index is 1.02. The molecule has 0 nitrogen and oxygen atoms in total. The van der Waals surface area contributed by atoms with E-state index in [2.05, 4.69) is 12.2 Å². The highest BCUT2D eigenvalue weighted by Crippen LogP contribution is 2.17. The molecule has 0 bridgehead atoms. The number of rotatable bonds is 0. The number of allylic oxidation sites excluding steroid dienone is 2. The lowest BCUT2D eigenvalue weighted by Crippen LogP contribution is -1.91. The molecule has 0 N–H and O–H groups in total. The lowest BCUT2D eigenvalue weighted by Gasteiger charge is -2.08. The molecule has 0 amide bonds. The van der Waals surface area contributed by atoms with Crippen molar-refractivity contribution in [3.05, 3.63) is 12.2 Å². The first-order chi connectivity index (χ1) is 2.39. The molecular formula is C4H8Si. The van der Waals surface area contributed by atoms with Crippen LogP contribution in [0.25, 0.3) is 0 Å². The van der Waals surface area contributed by atoms with Gasteiger partial charge >= 0.3 is 0 Å². The smallest absolute Gasteiger partial charge is 0.0119 e. The molecule has 0 heterocycles. The monoisotopic (exact) mass is 84.0 g/mol. The summed E-state index contributed by atoms with van der Waals surface area (Å²) in [5, 5.41) is 0. The molecule has 0 aromatic rings. The van der Waals surface area contributed by atoms with Crippen LogP contribution in [0.2, 0.25) is 5.54 Å². The van der Waals surface area contributed by atoms with Gasteiger partial charge in [0.25, 0.3) is 0 Å². The van der Waals surface area contributed by atoms with Gasteiger partial charge in [-0.25, -0.2) is 0 Å². The van der Waals surface area contributed by atoms with Gasteiger partial charge in [0.1, 0.15) is 0 Å². The molecule has 0 aliphatic heterocycles. The van der Waals surface area contributed by atoms with Gasteiger partial charge in [-0.3, -0.25) is 0 Å². The molecule has 28 valence electrons. The molecule has 1 aliphatic carbocycles. The second kappa shape index (κ2) is 0.975. The molecule has 0 radical (unpaired) electrons. The maximum Gasteiger partial charge on any atom is 0.0119 e. The first kappa shape index (κ1) is 3.16. The molecule has 1 heteroatoms. The summed E-state index contributed by atoms with van der Waals surface area (Å²) in [4.78, 5) is 0. The van der Waals surface area contributed by atoms with Gasteiger partial charge in [0.05, 0.1) is 0 Å². The van der Waals surface area contributed by atoms with Crippen molar-refractivity contribution in [3.63, 3.8) is 0 Å². The second-order valence-corrected chi connectivity index (χ2v) is 3.12. The van der Waals surface area contributed by atoms with Crippen LogP contribution in [0.15, 0.2) is 12.2 Å². The average molecular weight is 84.2 g/mol. The lowest BCUT2D eigenvalue weighted by atomic mass is 10.1.